The summed E-state index contributed by atoms with van der Waals surface area (Å²) in [6, 6.07) is 7.82. The molecule has 1 heterocycles. The number of amides is 1. The van der Waals surface area contributed by atoms with Crippen LogP contribution < -0.4 is 0 Å². The van der Waals surface area contributed by atoms with Gasteiger partial charge in [-0.1, -0.05) is 23.7 Å². The maximum Gasteiger partial charge on any atom is 0.226 e. The van der Waals surface area contributed by atoms with Gasteiger partial charge in [0.05, 0.1) is 25.4 Å². The Hall–Kier alpha value is -1.10. The minimum atomic E-state index is -0.252. The highest BCUT2D eigenvalue weighted by Crippen LogP contribution is 2.49. The first-order chi connectivity index (χ1) is 10.1. The van der Waals surface area contributed by atoms with E-state index in [1.807, 2.05) is 36.1 Å². The molecule has 5 heteroatoms. The third-order valence-electron chi connectivity index (χ3n) is 4.40. The van der Waals surface area contributed by atoms with Crippen molar-refractivity contribution in [1.29, 1.82) is 0 Å². The number of nitrogens with zero attached hydrogens (tertiary/aromatic N) is 1. The van der Waals surface area contributed by atoms with E-state index in [2.05, 4.69) is 0 Å². The highest BCUT2D eigenvalue weighted by Gasteiger charge is 2.47. The van der Waals surface area contributed by atoms with Gasteiger partial charge in [-0.25, -0.2) is 0 Å². The van der Waals surface area contributed by atoms with Crippen molar-refractivity contribution in [3.63, 3.8) is 0 Å². The summed E-state index contributed by atoms with van der Waals surface area (Å²) >= 11 is 5.90. The topological polar surface area (TPSA) is 49.8 Å². The molecule has 2 fully saturated rings. The summed E-state index contributed by atoms with van der Waals surface area (Å²) in [5.41, 5.74) is 1.18. The van der Waals surface area contributed by atoms with Crippen LogP contribution in [0.1, 0.15) is 24.8 Å². The zero-order chi connectivity index (χ0) is 15.0. The smallest absolute Gasteiger partial charge is 0.226 e. The molecule has 0 aromatic heterocycles. The number of hydrogen-bond donors (Lipinski definition) is 1. The molecule has 4 atom stereocenters. The summed E-state index contributed by atoms with van der Waals surface area (Å²) in [4.78, 5) is 14.5. The van der Waals surface area contributed by atoms with Crippen molar-refractivity contribution in [2.45, 2.75) is 31.4 Å². The van der Waals surface area contributed by atoms with E-state index >= 15 is 0 Å². The molecule has 1 aliphatic heterocycles. The average Bonchev–Trinajstić information content (AvgIpc) is 3.28. The first kappa shape index (κ1) is 14.8. The maximum absolute atomic E-state index is 12.6. The van der Waals surface area contributed by atoms with E-state index in [4.69, 9.17) is 16.3 Å². The van der Waals surface area contributed by atoms with Crippen LogP contribution in [0.2, 0.25) is 5.02 Å². The fraction of sp³-hybridized carbons (Fsp3) is 0.562. The highest BCUT2D eigenvalue weighted by molar-refractivity contribution is 6.30. The van der Waals surface area contributed by atoms with Gasteiger partial charge >= 0.3 is 0 Å². The number of aliphatic hydroxyl groups is 1. The second kappa shape index (κ2) is 5.95. The lowest BCUT2D eigenvalue weighted by Crippen LogP contribution is -2.52. The lowest BCUT2D eigenvalue weighted by molar-refractivity contribution is -0.147. The Morgan fingerprint density at radius 2 is 2.14 bits per heavy atom. The number of rotatable bonds is 3. The summed E-state index contributed by atoms with van der Waals surface area (Å²) in [5, 5.41) is 9.93. The van der Waals surface area contributed by atoms with E-state index in [1.54, 1.807) is 0 Å². The Morgan fingerprint density at radius 1 is 1.43 bits per heavy atom. The largest absolute Gasteiger partial charge is 0.394 e. The third-order valence-corrected chi connectivity index (χ3v) is 4.65. The van der Waals surface area contributed by atoms with Crippen LogP contribution in [0.4, 0.5) is 0 Å². The lowest BCUT2D eigenvalue weighted by atomic mass is 10.1. The van der Waals surface area contributed by atoms with Gasteiger partial charge in [0.15, 0.2) is 0 Å². The molecule has 2 aliphatic rings. The molecule has 3 rings (SSSR count). The highest BCUT2D eigenvalue weighted by atomic mass is 35.5. The first-order valence-electron chi connectivity index (χ1n) is 7.38. The van der Waals surface area contributed by atoms with Crippen LogP contribution in [-0.4, -0.2) is 47.8 Å². The number of halogens is 1. The summed E-state index contributed by atoms with van der Waals surface area (Å²) < 4.78 is 5.49. The molecule has 21 heavy (non-hydrogen) atoms. The van der Waals surface area contributed by atoms with Gasteiger partial charge in [0, 0.05) is 17.5 Å². The molecule has 114 valence electrons. The molecule has 1 N–H and O–H groups in total. The molecule has 1 saturated carbocycles. The van der Waals surface area contributed by atoms with Crippen LogP contribution in [0.3, 0.4) is 0 Å². The van der Waals surface area contributed by atoms with E-state index in [1.165, 1.54) is 5.56 Å². The minimum absolute atomic E-state index is 0.0399. The molecule has 0 bridgehead atoms. The van der Waals surface area contributed by atoms with Crippen molar-refractivity contribution in [3.8, 4) is 0 Å². The Balaban J connectivity index is 1.65. The quantitative estimate of drug-likeness (QED) is 0.929. The van der Waals surface area contributed by atoms with E-state index < -0.39 is 0 Å². The van der Waals surface area contributed by atoms with E-state index in [9.17, 15) is 9.90 Å². The monoisotopic (exact) mass is 309 g/mol. The number of ether oxygens (including phenoxy) is 1. The van der Waals surface area contributed by atoms with E-state index in [-0.39, 0.29) is 30.6 Å². The second-order valence-corrected chi connectivity index (χ2v) is 6.41. The molecule has 0 radical (unpaired) electrons. The first-order valence-corrected chi connectivity index (χ1v) is 7.76. The molecule has 4 nitrogen and oxygen atoms in total. The van der Waals surface area contributed by atoms with Crippen molar-refractivity contribution in [2.75, 3.05) is 19.8 Å². The Labute approximate surface area is 129 Å². The van der Waals surface area contributed by atoms with Crippen molar-refractivity contribution in [2.24, 2.45) is 5.92 Å². The molecule has 1 amide bonds. The molecule has 1 saturated heterocycles. The van der Waals surface area contributed by atoms with Gasteiger partial charge in [-0.15, -0.1) is 0 Å². The van der Waals surface area contributed by atoms with Crippen molar-refractivity contribution < 1.29 is 14.6 Å². The Kier molecular flexibility index (Phi) is 4.20. The second-order valence-electron chi connectivity index (χ2n) is 5.98. The third kappa shape index (κ3) is 3.07. The van der Waals surface area contributed by atoms with Crippen molar-refractivity contribution in [3.05, 3.63) is 34.9 Å². The predicted molar refractivity (Wildman–Crippen MR) is 80.3 cm³/mol. The summed E-state index contributed by atoms with van der Waals surface area (Å²) in [7, 11) is 0. The van der Waals surface area contributed by atoms with Gasteiger partial charge in [0.2, 0.25) is 5.91 Å². The molecule has 1 aliphatic carbocycles. The molecule has 4 unspecified atom stereocenters. The molecule has 1 aromatic rings. The zero-order valence-corrected chi connectivity index (χ0v) is 12.8. The summed E-state index contributed by atoms with van der Waals surface area (Å²) in [6.45, 7) is 2.93. The van der Waals surface area contributed by atoms with E-state index in [0.717, 1.165) is 11.4 Å². The fourth-order valence-electron chi connectivity index (χ4n) is 2.99. The predicted octanol–water partition coefficient (Wildman–Crippen LogP) is 2.05. The molecular formula is C16H20ClNO3. The molecule has 0 spiro atoms. The molecular weight excluding hydrogens is 290 g/mol. The van der Waals surface area contributed by atoms with Gasteiger partial charge in [0.1, 0.15) is 0 Å². The van der Waals surface area contributed by atoms with Crippen molar-refractivity contribution >= 4 is 17.5 Å². The fourth-order valence-corrected chi connectivity index (χ4v) is 3.12. The SMILES string of the molecule is CC1COC(CO)CN1C(=O)C1CC1c1ccc(Cl)cc1. The van der Waals surface area contributed by atoms with Gasteiger partial charge in [-0.2, -0.15) is 0 Å². The standard InChI is InChI=1S/C16H20ClNO3/c1-10-9-21-13(8-19)7-18(10)16(20)15-6-14(15)11-2-4-12(17)5-3-11/h2-5,10,13-15,19H,6-9H2,1H3. The number of carbonyl (C=O) groups is 1. The number of carbonyl (C=O) groups excluding carboxylic acids is 1. The Bertz CT molecular complexity index is 519. The van der Waals surface area contributed by atoms with Crippen LogP contribution in [0.25, 0.3) is 0 Å². The minimum Gasteiger partial charge on any atom is -0.394 e. The molecule has 1 aromatic carbocycles. The van der Waals surface area contributed by atoms with Crippen molar-refractivity contribution in [1.82, 2.24) is 4.90 Å². The van der Waals surface area contributed by atoms with Gasteiger partial charge in [-0.3, -0.25) is 4.79 Å². The maximum atomic E-state index is 12.6. The number of morpholine rings is 1. The zero-order valence-electron chi connectivity index (χ0n) is 12.0. The summed E-state index contributed by atoms with van der Waals surface area (Å²) in [5.74, 6) is 0.549. The van der Waals surface area contributed by atoms with Crippen LogP contribution >= 0.6 is 11.6 Å². The average molecular weight is 310 g/mol. The van der Waals surface area contributed by atoms with Crippen LogP contribution in [-0.2, 0) is 9.53 Å². The number of aliphatic hydroxyl groups excluding tert-OH is 1. The van der Waals surface area contributed by atoms with Crippen LogP contribution in [0.15, 0.2) is 24.3 Å². The summed E-state index contributed by atoms with van der Waals surface area (Å²) in [6.07, 6.45) is 0.645. The Morgan fingerprint density at radius 3 is 2.81 bits per heavy atom. The normalized spacial score (nSPS) is 32.0. The van der Waals surface area contributed by atoms with Crippen LogP contribution in [0, 0.1) is 5.92 Å². The van der Waals surface area contributed by atoms with Gasteiger partial charge in [-0.05, 0) is 37.0 Å². The van der Waals surface area contributed by atoms with Gasteiger partial charge in [0.25, 0.3) is 0 Å². The van der Waals surface area contributed by atoms with Crippen LogP contribution in [0.5, 0.6) is 0 Å². The number of hydrogen-bond acceptors (Lipinski definition) is 3. The lowest BCUT2D eigenvalue weighted by Gasteiger charge is -2.37. The van der Waals surface area contributed by atoms with E-state index in [0.29, 0.717) is 19.1 Å². The number of benzene rings is 1. The van der Waals surface area contributed by atoms with Gasteiger partial charge < -0.3 is 14.7 Å².